The van der Waals surface area contributed by atoms with E-state index in [9.17, 15) is 5.11 Å². The van der Waals surface area contributed by atoms with Crippen molar-refractivity contribution < 1.29 is 5.11 Å². The summed E-state index contributed by atoms with van der Waals surface area (Å²) in [5, 5.41) is 11.7. The van der Waals surface area contributed by atoms with Crippen molar-refractivity contribution in [3.05, 3.63) is 34.2 Å². The highest BCUT2D eigenvalue weighted by Gasteiger charge is 2.18. The third-order valence-corrected chi connectivity index (χ3v) is 3.73. The zero-order valence-electron chi connectivity index (χ0n) is 8.04. The molecule has 0 aliphatic heterocycles. The zero-order chi connectivity index (χ0) is 10.3. The van der Waals surface area contributed by atoms with Crippen molar-refractivity contribution in [3.63, 3.8) is 0 Å². The molecular weight excluding hydrogens is 216 g/mol. The lowest BCUT2D eigenvalue weighted by atomic mass is 10.1. The van der Waals surface area contributed by atoms with E-state index in [0.29, 0.717) is 0 Å². The normalized spacial score (nSPS) is 12.3. The van der Waals surface area contributed by atoms with Crippen LogP contribution in [0.2, 0.25) is 5.02 Å². The molecular formula is C11H11ClOS. The third-order valence-electron chi connectivity index (χ3n) is 2.09. The van der Waals surface area contributed by atoms with Crippen LogP contribution in [0.1, 0.15) is 18.7 Å². The first-order chi connectivity index (χ1) is 6.47. The van der Waals surface area contributed by atoms with Crippen LogP contribution >= 0.6 is 22.9 Å². The highest BCUT2D eigenvalue weighted by Crippen LogP contribution is 2.34. The molecule has 0 aliphatic rings. The molecule has 0 fully saturated rings. The van der Waals surface area contributed by atoms with Gasteiger partial charge in [0.25, 0.3) is 0 Å². The van der Waals surface area contributed by atoms with Gasteiger partial charge in [0.05, 0.1) is 5.60 Å². The second kappa shape index (κ2) is 3.23. The van der Waals surface area contributed by atoms with Crippen molar-refractivity contribution in [2.45, 2.75) is 19.4 Å². The molecule has 1 heterocycles. The summed E-state index contributed by atoms with van der Waals surface area (Å²) in [4.78, 5) is 0.967. The SMILES string of the molecule is CC(C)(O)c1cc2ccc(Cl)cc2s1. The molecule has 0 unspecified atom stereocenters. The van der Waals surface area contributed by atoms with E-state index in [1.165, 1.54) is 0 Å². The van der Waals surface area contributed by atoms with Gasteiger partial charge in [-0.05, 0) is 37.4 Å². The van der Waals surface area contributed by atoms with Gasteiger partial charge in [0.1, 0.15) is 0 Å². The van der Waals surface area contributed by atoms with Crippen LogP contribution in [0, 0.1) is 0 Å². The van der Waals surface area contributed by atoms with Gasteiger partial charge in [-0.15, -0.1) is 11.3 Å². The number of benzene rings is 1. The average Bonchev–Trinajstić information content (AvgIpc) is 2.45. The van der Waals surface area contributed by atoms with E-state index in [0.717, 1.165) is 20.0 Å². The number of thiophene rings is 1. The molecule has 0 saturated carbocycles. The Morgan fingerprint density at radius 1 is 1.29 bits per heavy atom. The fourth-order valence-corrected chi connectivity index (χ4v) is 2.65. The molecule has 1 nitrogen and oxygen atoms in total. The van der Waals surface area contributed by atoms with Crippen LogP contribution in [0.15, 0.2) is 24.3 Å². The first kappa shape index (κ1) is 9.97. The van der Waals surface area contributed by atoms with E-state index in [-0.39, 0.29) is 0 Å². The number of hydrogen-bond acceptors (Lipinski definition) is 2. The van der Waals surface area contributed by atoms with Crippen LogP contribution in [0.3, 0.4) is 0 Å². The first-order valence-corrected chi connectivity index (χ1v) is 5.58. The summed E-state index contributed by atoms with van der Waals surface area (Å²) in [6, 6.07) is 7.78. The summed E-state index contributed by atoms with van der Waals surface area (Å²) in [5.41, 5.74) is -0.768. The maximum Gasteiger partial charge on any atom is 0.0932 e. The minimum atomic E-state index is -0.768. The molecule has 2 aromatic rings. The van der Waals surface area contributed by atoms with Crippen molar-refractivity contribution in [3.8, 4) is 0 Å². The minimum Gasteiger partial charge on any atom is -0.385 e. The maximum absolute atomic E-state index is 9.84. The second-order valence-corrected chi connectivity index (χ2v) is 5.37. The lowest BCUT2D eigenvalue weighted by Crippen LogP contribution is -2.12. The Hall–Kier alpha value is -0.570. The maximum atomic E-state index is 9.84. The van der Waals surface area contributed by atoms with Crippen LogP contribution < -0.4 is 0 Å². The van der Waals surface area contributed by atoms with Crippen molar-refractivity contribution >= 4 is 33.0 Å². The molecule has 74 valence electrons. The predicted molar refractivity (Wildman–Crippen MR) is 62.1 cm³/mol. The van der Waals surface area contributed by atoms with Crippen LogP contribution in [0.4, 0.5) is 0 Å². The van der Waals surface area contributed by atoms with Gasteiger partial charge in [-0.1, -0.05) is 17.7 Å². The second-order valence-electron chi connectivity index (χ2n) is 3.85. The molecule has 0 atom stereocenters. The van der Waals surface area contributed by atoms with Gasteiger partial charge < -0.3 is 5.11 Å². The summed E-state index contributed by atoms with van der Waals surface area (Å²) in [6.45, 7) is 3.58. The number of rotatable bonds is 1. The fraction of sp³-hybridized carbons (Fsp3) is 0.273. The molecule has 0 radical (unpaired) electrons. The van der Waals surface area contributed by atoms with E-state index >= 15 is 0 Å². The smallest absolute Gasteiger partial charge is 0.0932 e. The van der Waals surface area contributed by atoms with Crippen LogP contribution in [-0.2, 0) is 5.60 Å². The molecule has 1 N–H and O–H groups in total. The minimum absolute atomic E-state index is 0.738. The molecule has 3 heteroatoms. The molecule has 0 amide bonds. The molecule has 0 saturated heterocycles. The van der Waals surface area contributed by atoms with Crippen molar-refractivity contribution in [1.29, 1.82) is 0 Å². The summed E-state index contributed by atoms with van der Waals surface area (Å²) in [7, 11) is 0. The number of aliphatic hydroxyl groups is 1. The van der Waals surface area contributed by atoms with E-state index in [2.05, 4.69) is 0 Å². The lowest BCUT2D eigenvalue weighted by molar-refractivity contribution is 0.0826. The standard InChI is InChI=1S/C11H11ClOS/c1-11(2,13)10-5-7-3-4-8(12)6-9(7)14-10/h3-6,13H,1-2H3. The Kier molecular flexibility index (Phi) is 2.30. The van der Waals surface area contributed by atoms with E-state index in [1.807, 2.05) is 24.3 Å². The monoisotopic (exact) mass is 226 g/mol. The Labute approximate surface area is 91.9 Å². The Balaban J connectivity index is 2.63. The van der Waals surface area contributed by atoms with Gasteiger partial charge >= 0.3 is 0 Å². The molecule has 2 rings (SSSR count). The topological polar surface area (TPSA) is 20.2 Å². The van der Waals surface area contributed by atoms with E-state index in [4.69, 9.17) is 11.6 Å². The molecule has 14 heavy (non-hydrogen) atoms. The van der Waals surface area contributed by atoms with Crippen LogP contribution in [0.25, 0.3) is 10.1 Å². The molecule has 0 aliphatic carbocycles. The van der Waals surface area contributed by atoms with Gasteiger partial charge in [-0.3, -0.25) is 0 Å². The van der Waals surface area contributed by atoms with Gasteiger partial charge in [-0.2, -0.15) is 0 Å². The van der Waals surface area contributed by atoms with Crippen molar-refractivity contribution in [2.24, 2.45) is 0 Å². The summed E-state index contributed by atoms with van der Waals surface area (Å²) < 4.78 is 1.12. The third kappa shape index (κ3) is 1.78. The largest absolute Gasteiger partial charge is 0.385 e. The molecule has 0 bridgehead atoms. The van der Waals surface area contributed by atoms with Crippen molar-refractivity contribution in [2.75, 3.05) is 0 Å². The van der Waals surface area contributed by atoms with E-state index in [1.54, 1.807) is 25.2 Å². The van der Waals surface area contributed by atoms with Crippen LogP contribution in [-0.4, -0.2) is 5.11 Å². The molecule has 1 aromatic carbocycles. The van der Waals surface area contributed by atoms with Crippen molar-refractivity contribution in [1.82, 2.24) is 0 Å². The molecule has 0 spiro atoms. The fourth-order valence-electron chi connectivity index (χ4n) is 1.31. The Bertz CT molecular complexity index is 468. The highest BCUT2D eigenvalue weighted by molar-refractivity contribution is 7.19. The Morgan fingerprint density at radius 3 is 2.64 bits per heavy atom. The quantitative estimate of drug-likeness (QED) is 0.785. The number of fused-ring (bicyclic) bond motifs is 1. The highest BCUT2D eigenvalue weighted by atomic mass is 35.5. The summed E-state index contributed by atoms with van der Waals surface area (Å²) >= 11 is 7.47. The molecule has 1 aromatic heterocycles. The number of halogens is 1. The number of hydrogen-bond donors (Lipinski definition) is 1. The lowest BCUT2D eigenvalue weighted by Gasteiger charge is -2.13. The van der Waals surface area contributed by atoms with Gasteiger partial charge in [0, 0.05) is 14.6 Å². The summed E-state index contributed by atoms with van der Waals surface area (Å²) in [6.07, 6.45) is 0. The Morgan fingerprint density at radius 2 is 2.00 bits per heavy atom. The average molecular weight is 227 g/mol. The van der Waals surface area contributed by atoms with Gasteiger partial charge in [-0.25, -0.2) is 0 Å². The zero-order valence-corrected chi connectivity index (χ0v) is 9.62. The van der Waals surface area contributed by atoms with Gasteiger partial charge in [0.2, 0.25) is 0 Å². The van der Waals surface area contributed by atoms with E-state index < -0.39 is 5.60 Å². The predicted octanol–water partition coefficient (Wildman–Crippen LogP) is 3.78. The summed E-state index contributed by atoms with van der Waals surface area (Å²) in [5.74, 6) is 0. The van der Waals surface area contributed by atoms with Crippen LogP contribution in [0.5, 0.6) is 0 Å². The van der Waals surface area contributed by atoms with Gasteiger partial charge in [0.15, 0.2) is 0 Å². The first-order valence-electron chi connectivity index (χ1n) is 4.39.